The van der Waals surface area contributed by atoms with Gasteiger partial charge in [-0.15, -0.1) is 0 Å². The van der Waals surface area contributed by atoms with Crippen molar-refractivity contribution >= 4 is 0 Å². The Labute approximate surface area is 103 Å². The summed E-state index contributed by atoms with van der Waals surface area (Å²) in [6.07, 6.45) is 0.753. The van der Waals surface area contributed by atoms with Crippen molar-refractivity contribution in [1.82, 2.24) is 4.90 Å². The molecular formula is C14H21NO2. The number of benzene rings is 1. The lowest BCUT2D eigenvalue weighted by Gasteiger charge is -2.31. The normalized spacial score (nSPS) is 23.5. The van der Waals surface area contributed by atoms with E-state index in [1.54, 1.807) is 0 Å². The molecule has 0 saturated carbocycles. The lowest BCUT2D eigenvalue weighted by atomic mass is 10.1. The highest BCUT2D eigenvalue weighted by atomic mass is 16.5. The van der Waals surface area contributed by atoms with E-state index in [2.05, 4.69) is 11.8 Å². The van der Waals surface area contributed by atoms with Crippen molar-refractivity contribution in [2.45, 2.75) is 25.6 Å². The van der Waals surface area contributed by atoms with E-state index in [1.807, 2.05) is 30.3 Å². The summed E-state index contributed by atoms with van der Waals surface area (Å²) >= 11 is 0. The molecule has 1 heterocycles. The Hall–Kier alpha value is -0.900. The molecule has 0 aromatic heterocycles. The molecular weight excluding hydrogens is 214 g/mol. The maximum absolute atomic E-state index is 10.1. The highest BCUT2D eigenvalue weighted by Crippen LogP contribution is 2.17. The summed E-state index contributed by atoms with van der Waals surface area (Å²) in [7, 11) is 0. The molecule has 0 amide bonds. The number of nitrogens with zero attached hydrogens (tertiary/aromatic N) is 1. The molecule has 1 fully saturated rings. The fourth-order valence-electron chi connectivity index (χ4n) is 2.24. The molecule has 1 unspecified atom stereocenters. The minimum atomic E-state index is -0.352. The van der Waals surface area contributed by atoms with Gasteiger partial charge in [-0.3, -0.25) is 4.90 Å². The van der Waals surface area contributed by atoms with Crippen LogP contribution in [-0.4, -0.2) is 42.4 Å². The van der Waals surface area contributed by atoms with Gasteiger partial charge in [-0.1, -0.05) is 30.3 Å². The zero-order valence-corrected chi connectivity index (χ0v) is 10.4. The molecule has 1 aromatic carbocycles. The second kappa shape index (κ2) is 6.15. The molecule has 2 atom stereocenters. The third-order valence-corrected chi connectivity index (χ3v) is 3.23. The number of aliphatic hydroxyl groups excluding tert-OH is 1. The van der Waals surface area contributed by atoms with Crippen molar-refractivity contribution in [1.29, 1.82) is 0 Å². The number of aliphatic hydroxyl groups is 1. The maximum Gasteiger partial charge on any atom is 0.0802 e. The Kier molecular flexibility index (Phi) is 4.54. The van der Waals surface area contributed by atoms with Gasteiger partial charge in [0, 0.05) is 19.6 Å². The van der Waals surface area contributed by atoms with E-state index in [0.717, 1.165) is 38.2 Å². The van der Waals surface area contributed by atoms with Crippen molar-refractivity contribution in [3.05, 3.63) is 35.9 Å². The predicted octanol–water partition coefficient (Wildman–Crippen LogP) is 1.83. The highest BCUT2D eigenvalue weighted by Gasteiger charge is 2.17. The molecule has 1 aliphatic rings. The summed E-state index contributed by atoms with van der Waals surface area (Å²) in [5.41, 5.74) is 1.01. The van der Waals surface area contributed by atoms with Crippen LogP contribution in [0.1, 0.15) is 25.0 Å². The first-order valence-corrected chi connectivity index (χ1v) is 6.32. The number of ether oxygens (including phenoxy) is 1. The van der Waals surface area contributed by atoms with Crippen molar-refractivity contribution in [2.75, 3.05) is 26.2 Å². The third kappa shape index (κ3) is 3.80. The van der Waals surface area contributed by atoms with E-state index in [9.17, 15) is 5.11 Å². The molecule has 0 aliphatic carbocycles. The SMILES string of the molecule is CC1CN(CC[C@@H](O)c2ccccc2)CCO1. The summed E-state index contributed by atoms with van der Waals surface area (Å²) in [5.74, 6) is 0. The van der Waals surface area contributed by atoms with Gasteiger partial charge in [0.05, 0.1) is 18.8 Å². The van der Waals surface area contributed by atoms with Crippen molar-refractivity contribution in [3.8, 4) is 0 Å². The van der Waals surface area contributed by atoms with Gasteiger partial charge in [-0.05, 0) is 18.9 Å². The number of hydrogen-bond donors (Lipinski definition) is 1. The van der Waals surface area contributed by atoms with Crippen LogP contribution < -0.4 is 0 Å². The van der Waals surface area contributed by atoms with Gasteiger partial charge in [0.2, 0.25) is 0 Å². The second-order valence-electron chi connectivity index (χ2n) is 4.70. The van der Waals surface area contributed by atoms with E-state index in [-0.39, 0.29) is 6.10 Å². The first-order valence-electron chi connectivity index (χ1n) is 6.32. The van der Waals surface area contributed by atoms with Crippen LogP contribution in [-0.2, 0) is 4.74 Å². The standard InChI is InChI=1S/C14H21NO2/c1-12-11-15(9-10-17-12)8-7-14(16)13-5-3-2-4-6-13/h2-6,12,14,16H,7-11H2,1H3/t12?,14-/m1/s1. The Morgan fingerprint density at radius 2 is 2.18 bits per heavy atom. The largest absolute Gasteiger partial charge is 0.388 e. The van der Waals surface area contributed by atoms with E-state index in [1.165, 1.54) is 0 Å². The number of hydrogen-bond acceptors (Lipinski definition) is 3. The minimum absolute atomic E-state index is 0.317. The molecule has 0 bridgehead atoms. The smallest absolute Gasteiger partial charge is 0.0802 e. The van der Waals surface area contributed by atoms with Gasteiger partial charge in [0.1, 0.15) is 0 Å². The summed E-state index contributed by atoms with van der Waals surface area (Å²) in [6, 6.07) is 9.86. The van der Waals surface area contributed by atoms with Crippen LogP contribution in [0.2, 0.25) is 0 Å². The average Bonchev–Trinajstić information content (AvgIpc) is 2.37. The van der Waals surface area contributed by atoms with Crippen molar-refractivity contribution < 1.29 is 9.84 Å². The molecule has 94 valence electrons. The topological polar surface area (TPSA) is 32.7 Å². The van der Waals surface area contributed by atoms with Crippen LogP contribution >= 0.6 is 0 Å². The molecule has 1 N–H and O–H groups in total. The van der Waals surface area contributed by atoms with Crippen LogP contribution in [0, 0.1) is 0 Å². The summed E-state index contributed by atoms with van der Waals surface area (Å²) in [6.45, 7) is 5.79. The molecule has 1 aliphatic heterocycles. The molecule has 3 nitrogen and oxygen atoms in total. The van der Waals surface area contributed by atoms with Crippen molar-refractivity contribution in [3.63, 3.8) is 0 Å². The summed E-state index contributed by atoms with van der Waals surface area (Å²) < 4.78 is 5.50. The van der Waals surface area contributed by atoms with Gasteiger partial charge < -0.3 is 9.84 Å². The summed E-state index contributed by atoms with van der Waals surface area (Å²) in [4.78, 5) is 2.36. The minimum Gasteiger partial charge on any atom is -0.388 e. The van der Waals surface area contributed by atoms with E-state index < -0.39 is 0 Å². The van der Waals surface area contributed by atoms with Gasteiger partial charge in [0.15, 0.2) is 0 Å². The average molecular weight is 235 g/mol. The zero-order chi connectivity index (χ0) is 12.1. The molecule has 1 saturated heterocycles. The van der Waals surface area contributed by atoms with Gasteiger partial charge in [-0.25, -0.2) is 0 Å². The molecule has 0 radical (unpaired) electrons. The highest BCUT2D eigenvalue weighted by molar-refractivity contribution is 5.17. The molecule has 0 spiro atoms. The van der Waals surface area contributed by atoms with Gasteiger partial charge >= 0.3 is 0 Å². The van der Waals surface area contributed by atoms with Crippen molar-refractivity contribution in [2.24, 2.45) is 0 Å². The summed E-state index contributed by atoms with van der Waals surface area (Å²) in [5, 5.41) is 10.1. The van der Waals surface area contributed by atoms with E-state index in [0.29, 0.717) is 6.10 Å². The Balaban J connectivity index is 1.78. The zero-order valence-electron chi connectivity index (χ0n) is 10.4. The third-order valence-electron chi connectivity index (χ3n) is 3.23. The van der Waals surface area contributed by atoms with Gasteiger partial charge in [-0.2, -0.15) is 0 Å². The van der Waals surface area contributed by atoms with Crippen LogP contribution in [0.4, 0.5) is 0 Å². The first kappa shape index (κ1) is 12.6. The van der Waals surface area contributed by atoms with E-state index >= 15 is 0 Å². The van der Waals surface area contributed by atoms with Crippen LogP contribution in [0.15, 0.2) is 30.3 Å². The number of rotatable bonds is 4. The molecule has 2 rings (SSSR count). The van der Waals surface area contributed by atoms with Crippen LogP contribution in [0.3, 0.4) is 0 Å². The maximum atomic E-state index is 10.1. The monoisotopic (exact) mass is 235 g/mol. The Morgan fingerprint density at radius 1 is 1.41 bits per heavy atom. The van der Waals surface area contributed by atoms with Gasteiger partial charge in [0.25, 0.3) is 0 Å². The molecule has 17 heavy (non-hydrogen) atoms. The Morgan fingerprint density at radius 3 is 2.88 bits per heavy atom. The second-order valence-corrected chi connectivity index (χ2v) is 4.70. The molecule has 1 aromatic rings. The molecule has 3 heteroatoms. The Bertz CT molecular complexity index is 328. The fraction of sp³-hybridized carbons (Fsp3) is 0.571. The first-order chi connectivity index (χ1) is 8.25. The lowest BCUT2D eigenvalue weighted by molar-refractivity contribution is -0.0221. The van der Waals surface area contributed by atoms with Crippen LogP contribution in [0.5, 0.6) is 0 Å². The van der Waals surface area contributed by atoms with E-state index in [4.69, 9.17) is 4.74 Å². The predicted molar refractivity (Wildman–Crippen MR) is 67.9 cm³/mol. The van der Waals surface area contributed by atoms with Crippen LogP contribution in [0.25, 0.3) is 0 Å². The fourth-order valence-corrected chi connectivity index (χ4v) is 2.24. The quantitative estimate of drug-likeness (QED) is 0.864. The lowest BCUT2D eigenvalue weighted by Crippen LogP contribution is -2.41. The number of morpholine rings is 1.